The van der Waals surface area contributed by atoms with Gasteiger partial charge >= 0.3 is 0 Å². The summed E-state index contributed by atoms with van der Waals surface area (Å²) in [6.45, 7) is 1.76. The lowest BCUT2D eigenvalue weighted by atomic mass is 9.93. The van der Waals surface area contributed by atoms with Gasteiger partial charge in [-0.1, -0.05) is 6.07 Å². The fourth-order valence-corrected chi connectivity index (χ4v) is 2.60. The van der Waals surface area contributed by atoms with Crippen LogP contribution in [0.1, 0.15) is 22.8 Å². The van der Waals surface area contributed by atoms with Gasteiger partial charge in [-0.25, -0.2) is 0 Å². The summed E-state index contributed by atoms with van der Waals surface area (Å²) < 4.78 is 5.74. The molecule has 0 radical (unpaired) electrons. The first-order valence-electron chi connectivity index (χ1n) is 6.65. The lowest BCUT2D eigenvalue weighted by Crippen LogP contribution is -2.30. The Morgan fingerprint density at radius 1 is 1.05 bits per heavy atom. The molecule has 2 aromatic carbocycles. The van der Waals surface area contributed by atoms with Crippen LogP contribution >= 0.6 is 0 Å². The van der Waals surface area contributed by atoms with Gasteiger partial charge in [0, 0.05) is 24.1 Å². The third-order valence-electron chi connectivity index (χ3n) is 3.74. The number of ether oxygens (including phenoxy) is 1. The summed E-state index contributed by atoms with van der Waals surface area (Å²) in [5.41, 5.74) is 1.89. The van der Waals surface area contributed by atoms with Crippen molar-refractivity contribution in [1.82, 2.24) is 0 Å². The van der Waals surface area contributed by atoms with E-state index in [1.54, 1.807) is 25.1 Å². The number of phenolic OH excluding ortho intramolecular Hbond substituents is 3. The number of aliphatic hydroxyl groups is 1. The molecule has 1 unspecified atom stereocenters. The molecule has 5 heteroatoms. The van der Waals surface area contributed by atoms with Crippen LogP contribution in [-0.4, -0.2) is 26.5 Å². The van der Waals surface area contributed by atoms with E-state index in [9.17, 15) is 20.4 Å². The molecule has 4 N–H and O–H groups in total. The van der Waals surface area contributed by atoms with Gasteiger partial charge < -0.3 is 25.2 Å². The van der Waals surface area contributed by atoms with Crippen LogP contribution < -0.4 is 4.74 Å². The Labute approximate surface area is 121 Å². The van der Waals surface area contributed by atoms with Gasteiger partial charge in [0.1, 0.15) is 29.1 Å². The SMILES string of the molecule is Cc1cc(C2Oc3cc(O)cc(O)c3C[C@@H]2O)ccc1O. The Morgan fingerprint density at radius 3 is 2.52 bits per heavy atom. The Balaban J connectivity index is 2.00. The van der Waals surface area contributed by atoms with Gasteiger partial charge in [-0.3, -0.25) is 0 Å². The molecule has 0 aliphatic carbocycles. The Hall–Kier alpha value is -2.40. The normalized spacial score (nSPS) is 20.7. The molecule has 0 saturated heterocycles. The van der Waals surface area contributed by atoms with Crippen LogP contribution in [-0.2, 0) is 6.42 Å². The second kappa shape index (κ2) is 4.86. The van der Waals surface area contributed by atoms with Crippen LogP contribution in [0.2, 0.25) is 0 Å². The zero-order valence-electron chi connectivity index (χ0n) is 11.4. The van der Waals surface area contributed by atoms with E-state index in [-0.39, 0.29) is 23.7 Å². The predicted octanol–water partition coefficient (Wildman–Crippen LogP) is 2.15. The molecule has 0 fully saturated rings. The van der Waals surface area contributed by atoms with Crippen molar-refractivity contribution in [2.24, 2.45) is 0 Å². The molecule has 0 amide bonds. The van der Waals surface area contributed by atoms with Gasteiger partial charge in [0.15, 0.2) is 0 Å². The van der Waals surface area contributed by atoms with Crippen molar-refractivity contribution >= 4 is 0 Å². The number of fused-ring (bicyclic) bond motifs is 1. The second-order valence-corrected chi connectivity index (χ2v) is 5.30. The van der Waals surface area contributed by atoms with Crippen LogP contribution in [0.3, 0.4) is 0 Å². The van der Waals surface area contributed by atoms with E-state index in [0.717, 1.165) is 5.56 Å². The summed E-state index contributed by atoms with van der Waals surface area (Å²) in [5.74, 6) is 0.348. The average Bonchev–Trinajstić information content (AvgIpc) is 2.42. The van der Waals surface area contributed by atoms with Crippen LogP contribution in [0.15, 0.2) is 30.3 Å². The fraction of sp³-hybridized carbons (Fsp3) is 0.250. The molecule has 21 heavy (non-hydrogen) atoms. The van der Waals surface area contributed by atoms with Gasteiger partial charge in [-0.2, -0.15) is 0 Å². The van der Waals surface area contributed by atoms with E-state index in [0.29, 0.717) is 16.9 Å². The number of hydrogen-bond donors (Lipinski definition) is 4. The van der Waals surface area contributed by atoms with E-state index < -0.39 is 12.2 Å². The summed E-state index contributed by atoms with van der Waals surface area (Å²) in [5, 5.41) is 39.2. The Morgan fingerprint density at radius 2 is 1.81 bits per heavy atom. The van der Waals surface area contributed by atoms with Gasteiger partial charge in [0.25, 0.3) is 0 Å². The van der Waals surface area contributed by atoms with Crippen LogP contribution in [0.4, 0.5) is 0 Å². The van der Waals surface area contributed by atoms with Crippen LogP contribution in [0.5, 0.6) is 23.0 Å². The topological polar surface area (TPSA) is 90.2 Å². The number of rotatable bonds is 1. The first-order chi connectivity index (χ1) is 9.95. The predicted molar refractivity (Wildman–Crippen MR) is 75.7 cm³/mol. The van der Waals surface area contributed by atoms with E-state index in [4.69, 9.17) is 4.74 Å². The number of phenols is 3. The lowest BCUT2D eigenvalue weighted by Gasteiger charge is -2.31. The highest BCUT2D eigenvalue weighted by Gasteiger charge is 2.32. The molecular weight excluding hydrogens is 272 g/mol. The fourth-order valence-electron chi connectivity index (χ4n) is 2.60. The number of aromatic hydroxyl groups is 3. The molecule has 0 bridgehead atoms. The average molecular weight is 288 g/mol. The minimum atomic E-state index is -0.822. The zero-order valence-corrected chi connectivity index (χ0v) is 11.4. The number of aliphatic hydroxyl groups excluding tert-OH is 1. The van der Waals surface area contributed by atoms with E-state index >= 15 is 0 Å². The summed E-state index contributed by atoms with van der Waals surface area (Å²) in [4.78, 5) is 0. The summed E-state index contributed by atoms with van der Waals surface area (Å²) in [7, 11) is 0. The zero-order chi connectivity index (χ0) is 15.1. The van der Waals surface area contributed by atoms with Gasteiger partial charge in [-0.15, -0.1) is 0 Å². The summed E-state index contributed by atoms with van der Waals surface area (Å²) >= 11 is 0. The second-order valence-electron chi connectivity index (χ2n) is 5.30. The van der Waals surface area contributed by atoms with Crippen molar-refractivity contribution in [2.75, 3.05) is 0 Å². The number of hydrogen-bond acceptors (Lipinski definition) is 5. The minimum absolute atomic E-state index is 0.0932. The smallest absolute Gasteiger partial charge is 0.150 e. The first kappa shape index (κ1) is 13.6. The maximum absolute atomic E-state index is 10.3. The van der Waals surface area contributed by atoms with Crippen molar-refractivity contribution < 1.29 is 25.2 Å². The van der Waals surface area contributed by atoms with Crippen molar-refractivity contribution in [3.05, 3.63) is 47.0 Å². The van der Waals surface area contributed by atoms with Crippen molar-refractivity contribution in [3.63, 3.8) is 0 Å². The van der Waals surface area contributed by atoms with Gasteiger partial charge in [-0.05, 0) is 30.2 Å². The summed E-state index contributed by atoms with van der Waals surface area (Å²) in [6.07, 6.45) is -1.21. The quantitative estimate of drug-likeness (QED) is 0.645. The van der Waals surface area contributed by atoms with Crippen molar-refractivity contribution in [1.29, 1.82) is 0 Å². The molecule has 1 aliphatic heterocycles. The largest absolute Gasteiger partial charge is 0.508 e. The van der Waals surface area contributed by atoms with Gasteiger partial charge in [0.05, 0.1) is 6.10 Å². The maximum atomic E-state index is 10.3. The monoisotopic (exact) mass is 288 g/mol. The van der Waals surface area contributed by atoms with Crippen LogP contribution in [0.25, 0.3) is 0 Å². The number of aryl methyl sites for hydroxylation is 1. The molecule has 0 aromatic heterocycles. The molecule has 1 aliphatic rings. The Kier molecular flexibility index (Phi) is 3.14. The lowest BCUT2D eigenvalue weighted by molar-refractivity contribution is 0.0197. The highest BCUT2D eigenvalue weighted by Crippen LogP contribution is 2.42. The van der Waals surface area contributed by atoms with E-state index in [1.807, 2.05) is 0 Å². The third kappa shape index (κ3) is 2.36. The highest BCUT2D eigenvalue weighted by atomic mass is 16.5. The third-order valence-corrected chi connectivity index (χ3v) is 3.74. The van der Waals surface area contributed by atoms with E-state index in [1.165, 1.54) is 12.1 Å². The van der Waals surface area contributed by atoms with Crippen LogP contribution in [0, 0.1) is 6.92 Å². The number of benzene rings is 2. The molecule has 1 heterocycles. The first-order valence-corrected chi connectivity index (χ1v) is 6.65. The minimum Gasteiger partial charge on any atom is -0.508 e. The van der Waals surface area contributed by atoms with Gasteiger partial charge in [0.2, 0.25) is 0 Å². The molecule has 110 valence electrons. The highest BCUT2D eigenvalue weighted by molar-refractivity contribution is 5.51. The molecule has 0 saturated carbocycles. The van der Waals surface area contributed by atoms with Crippen molar-refractivity contribution in [2.45, 2.75) is 25.6 Å². The molecule has 5 nitrogen and oxygen atoms in total. The maximum Gasteiger partial charge on any atom is 0.150 e. The molecule has 3 rings (SSSR count). The Bertz CT molecular complexity index is 695. The molecule has 2 aromatic rings. The molecule has 2 atom stereocenters. The van der Waals surface area contributed by atoms with Crippen molar-refractivity contribution in [3.8, 4) is 23.0 Å². The summed E-state index contributed by atoms with van der Waals surface area (Å²) in [6, 6.07) is 7.62. The molecule has 0 spiro atoms. The van der Waals surface area contributed by atoms with E-state index in [2.05, 4.69) is 0 Å². The standard InChI is InChI=1S/C16H16O5/c1-8-4-9(2-3-12(8)18)16-14(20)7-11-13(19)5-10(17)6-15(11)21-16/h2-6,14,16-20H,7H2,1H3/t14-,16?/m0/s1. The molecular formula is C16H16O5.